The maximum absolute atomic E-state index is 12.3. The van der Waals surface area contributed by atoms with Crippen LogP contribution in [0.4, 0.5) is 0 Å². The number of hydrogen-bond donors (Lipinski definition) is 1. The zero-order chi connectivity index (χ0) is 19.2. The van der Waals surface area contributed by atoms with Crippen LogP contribution in [0.5, 0.6) is 5.75 Å². The Morgan fingerprint density at radius 3 is 2.67 bits per heavy atom. The highest BCUT2D eigenvalue weighted by molar-refractivity contribution is 9.10. The molecular weight excluding hydrogens is 430 g/mol. The number of carbonyl (C=O) groups is 1. The summed E-state index contributed by atoms with van der Waals surface area (Å²) in [5.74, 6) is 0.391. The second-order valence-corrected chi connectivity index (χ2v) is 7.36. The number of nitrogens with one attached hydrogen (secondary N) is 1. The Balaban J connectivity index is 1.50. The van der Waals surface area contributed by atoms with Crippen molar-refractivity contribution in [2.24, 2.45) is 0 Å². The van der Waals surface area contributed by atoms with E-state index in [1.165, 1.54) is 0 Å². The van der Waals surface area contributed by atoms with E-state index < -0.39 is 6.10 Å². The predicted molar refractivity (Wildman–Crippen MR) is 109 cm³/mol. The lowest BCUT2D eigenvalue weighted by atomic mass is 10.1. The van der Waals surface area contributed by atoms with Crippen LogP contribution in [0.2, 0.25) is 5.02 Å². The van der Waals surface area contributed by atoms with Crippen LogP contribution in [0.1, 0.15) is 18.1 Å². The molecule has 3 aromatic rings. The first-order valence-electron chi connectivity index (χ1n) is 8.46. The summed E-state index contributed by atoms with van der Waals surface area (Å²) in [6.45, 7) is 2.88. The van der Waals surface area contributed by atoms with Crippen molar-refractivity contribution in [3.63, 3.8) is 0 Å². The van der Waals surface area contributed by atoms with Crippen LogP contribution < -0.4 is 10.1 Å². The van der Waals surface area contributed by atoms with Crippen LogP contribution in [-0.4, -0.2) is 21.8 Å². The Kier molecular flexibility index (Phi) is 6.53. The van der Waals surface area contributed by atoms with Gasteiger partial charge in [0.1, 0.15) is 5.75 Å². The van der Waals surface area contributed by atoms with Gasteiger partial charge in [0.05, 0.1) is 11.0 Å². The van der Waals surface area contributed by atoms with Crippen molar-refractivity contribution in [3.05, 3.63) is 81.5 Å². The molecule has 1 aromatic heterocycles. The van der Waals surface area contributed by atoms with Gasteiger partial charge < -0.3 is 10.1 Å². The fraction of sp³-hybridized carbons (Fsp3) is 0.200. The lowest BCUT2D eigenvalue weighted by molar-refractivity contribution is -0.127. The first kappa shape index (κ1) is 19.5. The molecule has 3 rings (SSSR count). The topological polar surface area (TPSA) is 56.1 Å². The van der Waals surface area contributed by atoms with E-state index in [1.54, 1.807) is 31.3 Å². The van der Waals surface area contributed by atoms with E-state index in [-0.39, 0.29) is 5.91 Å². The standard InChI is InChI=1S/C20H19BrClN3O2/c1-14(27-19-8-7-17(22)11-18(19)21)20(26)23-12-15-3-5-16(6-4-15)13-25-10-2-9-24-25/h2-11,14H,12-13H2,1H3,(H,23,26)/t14-/m0/s1. The summed E-state index contributed by atoms with van der Waals surface area (Å²) in [5, 5.41) is 7.68. The van der Waals surface area contributed by atoms with Crippen molar-refractivity contribution in [2.75, 3.05) is 0 Å². The molecule has 1 heterocycles. The van der Waals surface area contributed by atoms with Crippen molar-refractivity contribution in [1.82, 2.24) is 15.1 Å². The maximum Gasteiger partial charge on any atom is 0.261 e. The normalized spacial score (nSPS) is 11.8. The average Bonchev–Trinajstić information content (AvgIpc) is 3.16. The van der Waals surface area contributed by atoms with Gasteiger partial charge in [-0.3, -0.25) is 9.48 Å². The van der Waals surface area contributed by atoms with E-state index in [2.05, 4.69) is 26.3 Å². The quantitative estimate of drug-likeness (QED) is 0.582. The number of nitrogens with zero attached hydrogens (tertiary/aromatic N) is 2. The fourth-order valence-electron chi connectivity index (χ4n) is 2.49. The molecule has 0 saturated heterocycles. The highest BCUT2D eigenvalue weighted by atomic mass is 79.9. The molecule has 0 bridgehead atoms. The number of hydrogen-bond acceptors (Lipinski definition) is 3. The molecular formula is C20H19BrClN3O2. The zero-order valence-corrected chi connectivity index (χ0v) is 17.1. The molecule has 0 saturated carbocycles. The molecule has 0 aliphatic heterocycles. The number of carbonyl (C=O) groups excluding carboxylic acids is 1. The largest absolute Gasteiger partial charge is 0.480 e. The van der Waals surface area contributed by atoms with E-state index in [9.17, 15) is 4.79 Å². The maximum atomic E-state index is 12.3. The minimum absolute atomic E-state index is 0.183. The Labute approximate surface area is 171 Å². The molecule has 0 aliphatic carbocycles. The lowest BCUT2D eigenvalue weighted by Gasteiger charge is -2.16. The van der Waals surface area contributed by atoms with E-state index in [1.807, 2.05) is 41.2 Å². The van der Waals surface area contributed by atoms with Gasteiger partial charge in [-0.25, -0.2) is 0 Å². The molecule has 140 valence electrons. The summed E-state index contributed by atoms with van der Waals surface area (Å²) in [4.78, 5) is 12.3. The second kappa shape index (κ2) is 9.06. The summed E-state index contributed by atoms with van der Waals surface area (Å²) < 4.78 is 8.28. The number of aromatic nitrogens is 2. The van der Waals surface area contributed by atoms with Crippen LogP contribution in [0.15, 0.2) is 65.4 Å². The summed E-state index contributed by atoms with van der Waals surface area (Å²) in [6, 6.07) is 15.1. The molecule has 27 heavy (non-hydrogen) atoms. The van der Waals surface area contributed by atoms with Gasteiger partial charge in [-0.15, -0.1) is 0 Å². The van der Waals surface area contributed by atoms with Crippen molar-refractivity contribution >= 4 is 33.4 Å². The van der Waals surface area contributed by atoms with Crippen molar-refractivity contribution in [3.8, 4) is 5.75 Å². The van der Waals surface area contributed by atoms with E-state index in [4.69, 9.17) is 16.3 Å². The molecule has 1 atom stereocenters. The van der Waals surface area contributed by atoms with Crippen LogP contribution in [0.3, 0.4) is 0 Å². The van der Waals surface area contributed by atoms with E-state index in [0.29, 0.717) is 21.8 Å². The van der Waals surface area contributed by atoms with Crippen LogP contribution in [0, 0.1) is 0 Å². The SMILES string of the molecule is C[C@H](Oc1ccc(Cl)cc1Br)C(=O)NCc1ccc(Cn2cccn2)cc1. The molecule has 5 nitrogen and oxygen atoms in total. The van der Waals surface area contributed by atoms with Gasteiger partial charge in [-0.05, 0) is 58.2 Å². The summed E-state index contributed by atoms with van der Waals surface area (Å²) in [6.07, 6.45) is 3.06. The van der Waals surface area contributed by atoms with Gasteiger partial charge in [0.2, 0.25) is 0 Å². The van der Waals surface area contributed by atoms with Gasteiger partial charge in [0.15, 0.2) is 6.10 Å². The van der Waals surface area contributed by atoms with E-state index in [0.717, 1.165) is 17.7 Å². The number of ether oxygens (including phenoxy) is 1. The van der Waals surface area contributed by atoms with Gasteiger partial charge in [-0.2, -0.15) is 5.10 Å². The van der Waals surface area contributed by atoms with Crippen LogP contribution in [-0.2, 0) is 17.9 Å². The molecule has 0 unspecified atom stereocenters. The Hall–Kier alpha value is -2.31. The number of halogens is 2. The summed E-state index contributed by atoms with van der Waals surface area (Å²) in [7, 11) is 0. The molecule has 2 aromatic carbocycles. The number of benzene rings is 2. The smallest absolute Gasteiger partial charge is 0.261 e. The lowest BCUT2D eigenvalue weighted by Crippen LogP contribution is -2.35. The summed E-state index contributed by atoms with van der Waals surface area (Å²) in [5.41, 5.74) is 2.17. The molecule has 1 N–H and O–H groups in total. The monoisotopic (exact) mass is 447 g/mol. The van der Waals surface area contributed by atoms with Crippen molar-refractivity contribution < 1.29 is 9.53 Å². The van der Waals surface area contributed by atoms with Gasteiger partial charge in [0, 0.05) is 24.0 Å². The highest BCUT2D eigenvalue weighted by Crippen LogP contribution is 2.28. The molecule has 0 radical (unpaired) electrons. The zero-order valence-electron chi connectivity index (χ0n) is 14.7. The van der Waals surface area contributed by atoms with Crippen molar-refractivity contribution in [1.29, 1.82) is 0 Å². The second-order valence-electron chi connectivity index (χ2n) is 6.07. The first-order chi connectivity index (χ1) is 13.0. The van der Waals surface area contributed by atoms with Gasteiger partial charge in [0.25, 0.3) is 5.91 Å². The molecule has 0 spiro atoms. The van der Waals surface area contributed by atoms with Crippen LogP contribution in [0.25, 0.3) is 0 Å². The van der Waals surface area contributed by atoms with Gasteiger partial charge >= 0.3 is 0 Å². The van der Waals surface area contributed by atoms with Gasteiger partial charge in [-0.1, -0.05) is 35.9 Å². The molecule has 0 aliphatic rings. The number of amides is 1. The number of rotatable bonds is 7. The highest BCUT2D eigenvalue weighted by Gasteiger charge is 2.15. The third kappa shape index (κ3) is 5.58. The molecule has 7 heteroatoms. The average molecular weight is 449 g/mol. The third-order valence-corrected chi connectivity index (χ3v) is 4.82. The third-order valence-electron chi connectivity index (χ3n) is 3.96. The first-order valence-corrected chi connectivity index (χ1v) is 9.63. The Bertz CT molecular complexity index is 898. The van der Waals surface area contributed by atoms with Crippen LogP contribution >= 0.6 is 27.5 Å². The van der Waals surface area contributed by atoms with E-state index >= 15 is 0 Å². The predicted octanol–water partition coefficient (Wildman–Crippen LogP) is 4.43. The minimum atomic E-state index is -0.624. The summed E-state index contributed by atoms with van der Waals surface area (Å²) >= 11 is 9.30. The van der Waals surface area contributed by atoms with Crippen molar-refractivity contribution in [2.45, 2.75) is 26.1 Å². The fourth-order valence-corrected chi connectivity index (χ4v) is 3.27. The Morgan fingerprint density at radius 2 is 2.00 bits per heavy atom. The Morgan fingerprint density at radius 1 is 1.26 bits per heavy atom. The molecule has 1 amide bonds. The minimum Gasteiger partial charge on any atom is -0.480 e. The molecule has 0 fully saturated rings.